The summed E-state index contributed by atoms with van der Waals surface area (Å²) in [6, 6.07) is 0.426. The van der Waals surface area contributed by atoms with Crippen molar-refractivity contribution >= 4 is 5.69 Å². The van der Waals surface area contributed by atoms with Gasteiger partial charge in [0.2, 0.25) is 10.9 Å². The molecule has 0 saturated heterocycles. The second kappa shape index (κ2) is 4.25. The van der Waals surface area contributed by atoms with E-state index in [2.05, 4.69) is 0 Å². The Morgan fingerprint density at radius 2 is 1.79 bits per heavy atom. The van der Waals surface area contributed by atoms with Crippen LogP contribution in [0.1, 0.15) is 23.1 Å². The predicted octanol–water partition coefficient (Wildman–Crippen LogP) is 2.21. The Bertz CT molecular complexity index is 677. The van der Waals surface area contributed by atoms with E-state index in [1.54, 1.807) is 0 Å². The molecule has 0 aliphatic heterocycles. The van der Waals surface area contributed by atoms with Gasteiger partial charge in [-0.25, -0.2) is 0 Å². The standard InChI is InChI=1S/C12H10F3NO3/c1-5-3-4-7(19-5)11(12(13,14)15)16-8-6(2)9(17)10(8)18/h3-4,11,16H,1-2H3/t11-/m0/s1. The van der Waals surface area contributed by atoms with Crippen LogP contribution in [0.2, 0.25) is 0 Å². The number of hydrogen-bond acceptors (Lipinski definition) is 4. The van der Waals surface area contributed by atoms with E-state index in [4.69, 9.17) is 4.42 Å². The second-order valence-electron chi connectivity index (χ2n) is 4.23. The molecular weight excluding hydrogens is 263 g/mol. The van der Waals surface area contributed by atoms with Crippen LogP contribution in [-0.2, 0) is 0 Å². The van der Waals surface area contributed by atoms with Gasteiger partial charge in [0.1, 0.15) is 11.5 Å². The molecule has 4 nitrogen and oxygen atoms in total. The van der Waals surface area contributed by atoms with E-state index < -0.39 is 23.1 Å². The number of hydrogen-bond donors (Lipinski definition) is 1. The van der Waals surface area contributed by atoms with Crippen LogP contribution in [0.25, 0.3) is 0 Å². The molecule has 0 unspecified atom stereocenters. The molecule has 102 valence electrons. The van der Waals surface area contributed by atoms with Gasteiger partial charge in [0.15, 0.2) is 6.04 Å². The van der Waals surface area contributed by atoms with Crippen LogP contribution in [0.15, 0.2) is 26.1 Å². The van der Waals surface area contributed by atoms with Crippen molar-refractivity contribution in [1.82, 2.24) is 0 Å². The van der Waals surface area contributed by atoms with Gasteiger partial charge in [-0.2, -0.15) is 13.2 Å². The zero-order valence-corrected chi connectivity index (χ0v) is 10.1. The van der Waals surface area contributed by atoms with Crippen molar-refractivity contribution in [2.45, 2.75) is 26.1 Å². The third-order valence-electron chi connectivity index (χ3n) is 2.81. The number of nitrogens with one attached hydrogen (secondary N) is 1. The summed E-state index contributed by atoms with van der Waals surface area (Å²) in [5, 5.41) is 2.04. The Hall–Kier alpha value is -2.05. The van der Waals surface area contributed by atoms with Gasteiger partial charge in [-0.3, -0.25) is 9.59 Å². The van der Waals surface area contributed by atoms with Gasteiger partial charge >= 0.3 is 6.18 Å². The van der Waals surface area contributed by atoms with Crippen molar-refractivity contribution in [2.24, 2.45) is 0 Å². The van der Waals surface area contributed by atoms with Crippen molar-refractivity contribution in [3.8, 4) is 0 Å². The summed E-state index contributed by atoms with van der Waals surface area (Å²) in [5.41, 5.74) is -2.00. The van der Waals surface area contributed by atoms with E-state index in [1.165, 1.54) is 26.0 Å². The van der Waals surface area contributed by atoms with E-state index in [0.29, 0.717) is 5.76 Å². The van der Waals surface area contributed by atoms with E-state index in [9.17, 15) is 22.8 Å². The summed E-state index contributed by atoms with van der Waals surface area (Å²) in [4.78, 5) is 22.2. The first-order chi connectivity index (χ1) is 8.71. The molecule has 0 bridgehead atoms. The molecule has 0 fully saturated rings. The second-order valence-corrected chi connectivity index (χ2v) is 4.23. The molecule has 1 aromatic carbocycles. The minimum Gasteiger partial charge on any atom is -0.464 e. The molecule has 19 heavy (non-hydrogen) atoms. The fourth-order valence-corrected chi connectivity index (χ4v) is 1.75. The molecule has 7 heteroatoms. The predicted molar refractivity (Wildman–Crippen MR) is 62.0 cm³/mol. The summed E-state index contributed by atoms with van der Waals surface area (Å²) in [7, 11) is 0. The van der Waals surface area contributed by atoms with Gasteiger partial charge in [0.05, 0.1) is 5.69 Å². The molecule has 0 saturated carbocycles. The fraction of sp³-hybridized carbons (Fsp3) is 0.333. The van der Waals surface area contributed by atoms with E-state index in [-0.39, 0.29) is 17.0 Å². The number of aryl methyl sites for hydroxylation is 1. The Kier molecular flexibility index (Phi) is 3.00. The molecule has 0 amide bonds. The smallest absolute Gasteiger partial charge is 0.415 e. The summed E-state index contributed by atoms with van der Waals surface area (Å²) in [5.74, 6) is -0.0230. The maximum Gasteiger partial charge on any atom is 0.415 e. The van der Waals surface area contributed by atoms with Crippen LogP contribution in [0, 0.1) is 13.8 Å². The molecule has 0 spiro atoms. The van der Waals surface area contributed by atoms with Crippen LogP contribution in [-0.4, -0.2) is 6.18 Å². The van der Waals surface area contributed by atoms with Crippen molar-refractivity contribution in [3.63, 3.8) is 0 Å². The van der Waals surface area contributed by atoms with Gasteiger partial charge < -0.3 is 9.73 Å². The highest BCUT2D eigenvalue weighted by atomic mass is 19.4. The van der Waals surface area contributed by atoms with Crippen LogP contribution >= 0.6 is 0 Å². The summed E-state index contributed by atoms with van der Waals surface area (Å²) < 4.78 is 43.8. The lowest BCUT2D eigenvalue weighted by molar-refractivity contribution is -0.147. The lowest BCUT2D eigenvalue weighted by atomic mass is 10.1. The topological polar surface area (TPSA) is 59.3 Å². The average molecular weight is 273 g/mol. The highest BCUT2D eigenvalue weighted by molar-refractivity contribution is 5.56. The molecule has 0 aliphatic rings. The highest BCUT2D eigenvalue weighted by Gasteiger charge is 2.44. The Morgan fingerprint density at radius 3 is 2.21 bits per heavy atom. The molecule has 1 aromatic heterocycles. The van der Waals surface area contributed by atoms with E-state index in [1.807, 2.05) is 5.32 Å². The molecular formula is C12H10F3NO3. The number of halogens is 3. The Balaban J connectivity index is 2.36. The molecule has 0 aliphatic carbocycles. The molecule has 0 radical (unpaired) electrons. The number of rotatable bonds is 3. The zero-order chi connectivity index (χ0) is 14.4. The van der Waals surface area contributed by atoms with E-state index >= 15 is 0 Å². The number of alkyl halides is 3. The highest BCUT2D eigenvalue weighted by Crippen LogP contribution is 2.36. The lowest BCUT2D eigenvalue weighted by Gasteiger charge is -2.22. The normalized spacial score (nSPS) is 13.7. The van der Waals surface area contributed by atoms with Crippen molar-refractivity contribution < 1.29 is 17.6 Å². The van der Waals surface area contributed by atoms with Crippen LogP contribution in [0.5, 0.6) is 0 Å². The number of furan rings is 1. The molecule has 1 atom stereocenters. The molecule has 1 heterocycles. The largest absolute Gasteiger partial charge is 0.464 e. The van der Waals surface area contributed by atoms with Gasteiger partial charge in [0, 0.05) is 5.56 Å². The van der Waals surface area contributed by atoms with Crippen molar-refractivity contribution in [3.05, 3.63) is 49.7 Å². The summed E-state index contributed by atoms with van der Waals surface area (Å²) >= 11 is 0. The minimum atomic E-state index is -4.64. The summed E-state index contributed by atoms with van der Waals surface area (Å²) in [6.45, 7) is 2.81. The van der Waals surface area contributed by atoms with Crippen LogP contribution < -0.4 is 16.2 Å². The lowest BCUT2D eigenvalue weighted by Crippen LogP contribution is -2.40. The Morgan fingerprint density at radius 1 is 1.16 bits per heavy atom. The third-order valence-corrected chi connectivity index (χ3v) is 2.81. The first-order valence-electron chi connectivity index (χ1n) is 5.41. The van der Waals surface area contributed by atoms with Gasteiger partial charge in [-0.05, 0) is 26.0 Å². The molecule has 1 N–H and O–H groups in total. The maximum absolute atomic E-state index is 12.9. The summed E-state index contributed by atoms with van der Waals surface area (Å²) in [6.07, 6.45) is -4.64. The number of anilines is 1. The van der Waals surface area contributed by atoms with Gasteiger partial charge in [-0.15, -0.1) is 0 Å². The van der Waals surface area contributed by atoms with Crippen LogP contribution in [0.4, 0.5) is 18.9 Å². The van der Waals surface area contributed by atoms with Crippen molar-refractivity contribution in [2.75, 3.05) is 5.32 Å². The maximum atomic E-state index is 12.9. The van der Waals surface area contributed by atoms with Crippen LogP contribution in [0.3, 0.4) is 0 Å². The molecule has 2 rings (SSSR count). The first kappa shape index (κ1) is 13.4. The monoisotopic (exact) mass is 273 g/mol. The Labute approximate surface area is 105 Å². The van der Waals surface area contributed by atoms with E-state index in [0.717, 1.165) is 0 Å². The third kappa shape index (κ3) is 2.27. The zero-order valence-electron chi connectivity index (χ0n) is 10.1. The van der Waals surface area contributed by atoms with Gasteiger partial charge in [-0.1, -0.05) is 0 Å². The molecule has 2 aromatic rings. The average Bonchev–Trinajstić information content (AvgIpc) is 2.73. The first-order valence-corrected chi connectivity index (χ1v) is 5.41. The van der Waals surface area contributed by atoms with Crippen molar-refractivity contribution in [1.29, 1.82) is 0 Å². The minimum absolute atomic E-state index is 0.00234. The fourth-order valence-electron chi connectivity index (χ4n) is 1.75. The van der Waals surface area contributed by atoms with Gasteiger partial charge in [0.25, 0.3) is 0 Å². The quantitative estimate of drug-likeness (QED) is 0.871. The SMILES string of the molecule is Cc1ccc([C@H](Nc2c(C)c(=O)c2=O)C(F)(F)F)o1.